The molecule has 0 bridgehead atoms. The third kappa shape index (κ3) is 5.00. The molecular formula is C26H31N5O. The van der Waals surface area contributed by atoms with Gasteiger partial charge in [0.25, 0.3) is 5.91 Å². The van der Waals surface area contributed by atoms with E-state index in [1.807, 2.05) is 56.6 Å². The minimum absolute atomic E-state index is 0.105. The Balaban J connectivity index is 1.74. The standard InChI is InChI=1S/C26H31N5O/c1-6-12-30-18(2)13-23(20(30)4)14-24(15-27)26(32)28-16-25-19(3)29-31(21(25)5)17-22-10-8-7-9-11-22/h7-11,13-14H,6,12,16-17H2,1-5H3,(H,28,32)/b24-14+. The van der Waals surface area contributed by atoms with Crippen LogP contribution in [-0.2, 0) is 24.4 Å². The molecule has 166 valence electrons. The fourth-order valence-corrected chi connectivity index (χ4v) is 4.01. The summed E-state index contributed by atoms with van der Waals surface area (Å²) < 4.78 is 4.17. The Labute approximate surface area is 190 Å². The van der Waals surface area contributed by atoms with E-state index in [9.17, 15) is 10.1 Å². The number of aryl methyl sites for hydroxylation is 2. The second kappa shape index (κ2) is 10.1. The van der Waals surface area contributed by atoms with Gasteiger partial charge in [0, 0.05) is 35.7 Å². The molecule has 0 aliphatic heterocycles. The molecule has 1 aromatic carbocycles. The van der Waals surface area contributed by atoms with E-state index in [-0.39, 0.29) is 11.5 Å². The van der Waals surface area contributed by atoms with E-state index in [1.165, 1.54) is 5.56 Å². The number of carbonyl (C=O) groups is 1. The van der Waals surface area contributed by atoms with E-state index in [0.29, 0.717) is 13.1 Å². The first kappa shape index (κ1) is 23.1. The summed E-state index contributed by atoms with van der Waals surface area (Å²) in [6.45, 7) is 12.1. The molecule has 3 aromatic rings. The number of rotatable bonds is 8. The highest BCUT2D eigenvalue weighted by Crippen LogP contribution is 2.19. The number of hydrogen-bond donors (Lipinski definition) is 1. The van der Waals surface area contributed by atoms with Crippen LogP contribution in [0.4, 0.5) is 0 Å². The van der Waals surface area contributed by atoms with E-state index in [1.54, 1.807) is 6.08 Å². The highest BCUT2D eigenvalue weighted by atomic mass is 16.1. The summed E-state index contributed by atoms with van der Waals surface area (Å²) in [4.78, 5) is 12.8. The molecule has 2 aromatic heterocycles. The van der Waals surface area contributed by atoms with E-state index in [2.05, 4.69) is 40.1 Å². The maximum absolute atomic E-state index is 12.8. The van der Waals surface area contributed by atoms with Crippen LogP contribution in [0, 0.1) is 39.0 Å². The molecule has 0 fully saturated rings. The molecule has 6 nitrogen and oxygen atoms in total. The summed E-state index contributed by atoms with van der Waals surface area (Å²) in [5.41, 5.74) is 7.25. The molecule has 0 saturated carbocycles. The molecule has 0 unspecified atom stereocenters. The number of benzene rings is 1. The van der Waals surface area contributed by atoms with Gasteiger partial charge in [0.2, 0.25) is 0 Å². The zero-order valence-electron chi connectivity index (χ0n) is 19.6. The van der Waals surface area contributed by atoms with Gasteiger partial charge >= 0.3 is 0 Å². The highest BCUT2D eigenvalue weighted by Gasteiger charge is 2.16. The number of nitrogens with one attached hydrogen (secondary N) is 1. The van der Waals surface area contributed by atoms with Gasteiger partial charge in [-0.3, -0.25) is 9.48 Å². The summed E-state index contributed by atoms with van der Waals surface area (Å²) in [5, 5.41) is 17.1. The number of aromatic nitrogens is 3. The van der Waals surface area contributed by atoms with E-state index in [0.717, 1.165) is 46.9 Å². The molecular weight excluding hydrogens is 398 g/mol. The van der Waals surface area contributed by atoms with Gasteiger partial charge in [-0.15, -0.1) is 0 Å². The molecule has 0 saturated heterocycles. The van der Waals surface area contributed by atoms with E-state index < -0.39 is 0 Å². The van der Waals surface area contributed by atoms with Crippen molar-refractivity contribution in [1.82, 2.24) is 19.7 Å². The molecule has 0 aliphatic carbocycles. The van der Waals surface area contributed by atoms with Gasteiger partial charge in [-0.05, 0) is 57.4 Å². The van der Waals surface area contributed by atoms with Gasteiger partial charge < -0.3 is 9.88 Å². The molecule has 1 N–H and O–H groups in total. The van der Waals surface area contributed by atoms with Crippen LogP contribution in [-0.4, -0.2) is 20.3 Å². The Morgan fingerprint density at radius 1 is 1.16 bits per heavy atom. The fraction of sp³-hybridized carbons (Fsp3) is 0.346. The molecule has 32 heavy (non-hydrogen) atoms. The Bertz CT molecular complexity index is 1180. The van der Waals surface area contributed by atoms with Crippen LogP contribution in [0.1, 0.15) is 52.8 Å². The van der Waals surface area contributed by atoms with Gasteiger partial charge in [0.1, 0.15) is 11.6 Å². The second-order valence-electron chi connectivity index (χ2n) is 8.12. The first-order valence-corrected chi connectivity index (χ1v) is 11.0. The molecule has 6 heteroatoms. The van der Waals surface area contributed by atoms with Crippen LogP contribution in [0.2, 0.25) is 0 Å². The molecule has 2 heterocycles. The SMILES string of the molecule is CCCn1c(C)cc(/C=C(\C#N)C(=O)NCc2c(C)nn(Cc3ccccc3)c2C)c1C. The maximum Gasteiger partial charge on any atom is 0.262 e. The third-order valence-electron chi connectivity index (χ3n) is 5.86. The molecule has 1 amide bonds. The van der Waals surface area contributed by atoms with Gasteiger partial charge in [0.05, 0.1) is 12.2 Å². The van der Waals surface area contributed by atoms with Crippen molar-refractivity contribution in [2.24, 2.45) is 0 Å². The van der Waals surface area contributed by atoms with Crippen LogP contribution in [0.25, 0.3) is 6.08 Å². The number of nitrogens with zero attached hydrogens (tertiary/aromatic N) is 4. The normalized spacial score (nSPS) is 11.4. The first-order chi connectivity index (χ1) is 15.3. The Hall–Kier alpha value is -3.59. The molecule has 3 rings (SSSR count). The van der Waals surface area contributed by atoms with E-state index >= 15 is 0 Å². The zero-order valence-corrected chi connectivity index (χ0v) is 19.6. The lowest BCUT2D eigenvalue weighted by Gasteiger charge is -2.08. The van der Waals surface area contributed by atoms with Crippen molar-refractivity contribution in [3.8, 4) is 6.07 Å². The third-order valence-corrected chi connectivity index (χ3v) is 5.86. The first-order valence-electron chi connectivity index (χ1n) is 11.0. The van der Waals surface area contributed by atoms with Crippen molar-refractivity contribution in [1.29, 1.82) is 5.26 Å². The summed E-state index contributed by atoms with van der Waals surface area (Å²) >= 11 is 0. The zero-order chi connectivity index (χ0) is 23.3. The average Bonchev–Trinajstić information content (AvgIpc) is 3.20. The van der Waals surface area contributed by atoms with Crippen LogP contribution >= 0.6 is 0 Å². The van der Waals surface area contributed by atoms with Crippen LogP contribution in [0.15, 0.2) is 42.0 Å². The van der Waals surface area contributed by atoms with Gasteiger partial charge in [-0.25, -0.2) is 0 Å². The monoisotopic (exact) mass is 429 g/mol. The fourth-order valence-electron chi connectivity index (χ4n) is 4.01. The lowest BCUT2D eigenvalue weighted by atomic mass is 10.1. The second-order valence-corrected chi connectivity index (χ2v) is 8.12. The smallest absolute Gasteiger partial charge is 0.262 e. The molecule has 0 radical (unpaired) electrons. The Morgan fingerprint density at radius 3 is 2.53 bits per heavy atom. The van der Waals surface area contributed by atoms with Crippen molar-refractivity contribution in [3.05, 3.63) is 81.4 Å². The minimum atomic E-state index is -0.373. The van der Waals surface area contributed by atoms with Crippen molar-refractivity contribution in [2.75, 3.05) is 0 Å². The number of nitriles is 1. The van der Waals surface area contributed by atoms with Gasteiger partial charge in [-0.2, -0.15) is 10.4 Å². The average molecular weight is 430 g/mol. The van der Waals surface area contributed by atoms with Crippen molar-refractivity contribution in [2.45, 2.75) is 60.7 Å². The number of amides is 1. The highest BCUT2D eigenvalue weighted by molar-refractivity contribution is 6.01. The summed E-state index contributed by atoms with van der Waals surface area (Å²) in [6, 6.07) is 14.2. The predicted molar refractivity (Wildman–Crippen MR) is 127 cm³/mol. The van der Waals surface area contributed by atoms with Crippen LogP contribution in [0.5, 0.6) is 0 Å². The Morgan fingerprint density at radius 2 is 1.88 bits per heavy atom. The summed E-state index contributed by atoms with van der Waals surface area (Å²) in [7, 11) is 0. The van der Waals surface area contributed by atoms with Gasteiger partial charge in [-0.1, -0.05) is 37.3 Å². The maximum atomic E-state index is 12.8. The number of carbonyl (C=O) groups excluding carboxylic acids is 1. The van der Waals surface area contributed by atoms with Crippen LogP contribution < -0.4 is 5.32 Å². The van der Waals surface area contributed by atoms with Crippen molar-refractivity contribution in [3.63, 3.8) is 0 Å². The quantitative estimate of drug-likeness (QED) is 0.420. The lowest BCUT2D eigenvalue weighted by molar-refractivity contribution is -0.117. The summed E-state index contributed by atoms with van der Waals surface area (Å²) in [6.07, 6.45) is 2.71. The largest absolute Gasteiger partial charge is 0.349 e. The van der Waals surface area contributed by atoms with Crippen molar-refractivity contribution >= 4 is 12.0 Å². The van der Waals surface area contributed by atoms with Gasteiger partial charge in [0.15, 0.2) is 0 Å². The topological polar surface area (TPSA) is 75.6 Å². The minimum Gasteiger partial charge on any atom is -0.349 e. The Kier molecular flexibility index (Phi) is 7.32. The van der Waals surface area contributed by atoms with E-state index in [4.69, 9.17) is 0 Å². The molecule has 0 spiro atoms. The molecule has 0 aliphatic rings. The van der Waals surface area contributed by atoms with Crippen molar-refractivity contribution < 1.29 is 4.79 Å². The predicted octanol–water partition coefficient (Wildman–Crippen LogP) is 4.60. The lowest BCUT2D eigenvalue weighted by Crippen LogP contribution is -2.24. The summed E-state index contributed by atoms with van der Waals surface area (Å²) in [5.74, 6) is -0.373. The number of hydrogen-bond acceptors (Lipinski definition) is 3. The van der Waals surface area contributed by atoms with Crippen LogP contribution in [0.3, 0.4) is 0 Å². The molecule has 0 atom stereocenters.